The summed E-state index contributed by atoms with van der Waals surface area (Å²) in [5.41, 5.74) is 9.21. The van der Waals surface area contributed by atoms with Crippen LogP contribution in [0.15, 0.2) is 18.2 Å². The molecule has 1 aliphatic heterocycles. The molecule has 0 aliphatic carbocycles. The van der Waals surface area contributed by atoms with E-state index < -0.39 is 0 Å². The zero-order chi connectivity index (χ0) is 15.4. The van der Waals surface area contributed by atoms with Crippen LogP contribution in [0, 0.1) is 13.8 Å². The normalized spacial score (nSPS) is 20.1. The van der Waals surface area contributed by atoms with E-state index in [1.54, 1.807) is 0 Å². The average Bonchev–Trinajstić information content (AvgIpc) is 2.43. The third-order valence-electron chi connectivity index (χ3n) is 4.36. The summed E-state index contributed by atoms with van der Waals surface area (Å²) in [6.45, 7) is 7.47. The van der Waals surface area contributed by atoms with Crippen LogP contribution in [0.25, 0.3) is 0 Å². The van der Waals surface area contributed by atoms with Crippen LogP contribution in [0.1, 0.15) is 37.3 Å². The van der Waals surface area contributed by atoms with Crippen LogP contribution in [0.2, 0.25) is 0 Å². The molecule has 2 rings (SSSR count). The monoisotopic (exact) mass is 325 g/mol. The molecule has 1 aromatic carbocycles. The number of hydrogen-bond acceptors (Lipinski definition) is 3. The maximum absolute atomic E-state index is 12.4. The SMILES string of the molecule is Cc1cccc(C)c1NC(=O)CN1CCCCC1C(C)N.Cl. The molecule has 0 bridgehead atoms. The van der Waals surface area contributed by atoms with E-state index in [0.717, 1.165) is 36.2 Å². The van der Waals surface area contributed by atoms with E-state index in [-0.39, 0.29) is 24.4 Å². The Hall–Kier alpha value is -1.10. The standard InChI is InChI=1S/C17H27N3O.ClH/c1-12-7-6-8-13(2)17(12)19-16(21)11-20-10-5-4-9-15(20)14(3)18;/h6-8,14-15H,4-5,9-11,18H2,1-3H3,(H,19,21);1H. The van der Waals surface area contributed by atoms with Crippen LogP contribution in [-0.2, 0) is 4.79 Å². The van der Waals surface area contributed by atoms with E-state index in [1.165, 1.54) is 6.42 Å². The van der Waals surface area contributed by atoms with Crippen molar-refractivity contribution in [3.63, 3.8) is 0 Å². The molecule has 4 nitrogen and oxygen atoms in total. The molecule has 2 unspecified atom stereocenters. The van der Waals surface area contributed by atoms with E-state index in [9.17, 15) is 4.79 Å². The molecule has 0 spiro atoms. The Balaban J connectivity index is 0.00000242. The topological polar surface area (TPSA) is 58.4 Å². The number of anilines is 1. The van der Waals surface area contributed by atoms with Gasteiger partial charge in [-0.1, -0.05) is 24.6 Å². The third-order valence-corrected chi connectivity index (χ3v) is 4.36. The maximum atomic E-state index is 12.4. The fourth-order valence-electron chi connectivity index (χ4n) is 3.18. The van der Waals surface area contributed by atoms with Gasteiger partial charge in [-0.2, -0.15) is 0 Å². The molecule has 0 aromatic heterocycles. The Morgan fingerprint density at radius 1 is 1.36 bits per heavy atom. The summed E-state index contributed by atoms with van der Waals surface area (Å²) in [7, 11) is 0. The lowest BCUT2D eigenvalue weighted by Crippen LogP contribution is -2.51. The zero-order valence-corrected chi connectivity index (χ0v) is 14.6. The summed E-state index contributed by atoms with van der Waals surface area (Å²) in [6.07, 6.45) is 3.45. The molecule has 5 heteroatoms. The number of benzene rings is 1. The van der Waals surface area contributed by atoms with Crippen molar-refractivity contribution in [3.05, 3.63) is 29.3 Å². The highest BCUT2D eigenvalue weighted by molar-refractivity contribution is 5.93. The number of carbonyl (C=O) groups is 1. The summed E-state index contributed by atoms with van der Waals surface area (Å²) in [5.74, 6) is 0.0555. The fraction of sp³-hybridized carbons (Fsp3) is 0.588. The smallest absolute Gasteiger partial charge is 0.238 e. The molecule has 1 amide bonds. The molecule has 1 saturated heterocycles. The number of piperidine rings is 1. The molecule has 0 saturated carbocycles. The van der Waals surface area contributed by atoms with Crippen molar-refractivity contribution in [1.29, 1.82) is 0 Å². The van der Waals surface area contributed by atoms with Gasteiger partial charge in [0.25, 0.3) is 0 Å². The first-order valence-corrected chi connectivity index (χ1v) is 7.84. The number of likely N-dealkylation sites (tertiary alicyclic amines) is 1. The number of para-hydroxylation sites is 1. The Morgan fingerprint density at radius 2 is 2.00 bits per heavy atom. The predicted octanol–water partition coefficient (Wildman–Crippen LogP) is 2.87. The quantitative estimate of drug-likeness (QED) is 0.895. The maximum Gasteiger partial charge on any atom is 0.238 e. The second-order valence-corrected chi connectivity index (χ2v) is 6.21. The molecule has 1 heterocycles. The molecule has 124 valence electrons. The Bertz CT molecular complexity index is 484. The molecule has 2 atom stereocenters. The number of aryl methyl sites for hydroxylation is 2. The van der Waals surface area contributed by atoms with Gasteiger partial charge in [-0.05, 0) is 51.3 Å². The molecule has 1 aliphatic rings. The van der Waals surface area contributed by atoms with Crippen LogP contribution in [0.4, 0.5) is 5.69 Å². The predicted molar refractivity (Wildman–Crippen MR) is 94.7 cm³/mol. The summed E-state index contributed by atoms with van der Waals surface area (Å²) in [5, 5.41) is 3.06. The van der Waals surface area contributed by atoms with Gasteiger partial charge in [-0.3, -0.25) is 9.69 Å². The summed E-state index contributed by atoms with van der Waals surface area (Å²) in [6, 6.07) is 6.49. The van der Waals surface area contributed by atoms with Crippen LogP contribution >= 0.6 is 12.4 Å². The minimum Gasteiger partial charge on any atom is -0.327 e. The zero-order valence-electron chi connectivity index (χ0n) is 13.8. The Labute approximate surface area is 139 Å². The minimum atomic E-state index is 0. The van der Waals surface area contributed by atoms with Gasteiger partial charge in [-0.15, -0.1) is 12.4 Å². The number of hydrogen-bond donors (Lipinski definition) is 2. The summed E-state index contributed by atoms with van der Waals surface area (Å²) in [4.78, 5) is 14.6. The first-order valence-electron chi connectivity index (χ1n) is 7.84. The van der Waals surface area contributed by atoms with Crippen LogP contribution in [-0.4, -0.2) is 36.0 Å². The molecule has 1 fully saturated rings. The van der Waals surface area contributed by atoms with Crippen molar-refractivity contribution >= 4 is 24.0 Å². The lowest BCUT2D eigenvalue weighted by Gasteiger charge is -2.37. The number of rotatable bonds is 4. The Kier molecular flexibility index (Phi) is 7.33. The van der Waals surface area contributed by atoms with Crippen molar-refractivity contribution in [2.45, 2.75) is 52.1 Å². The van der Waals surface area contributed by atoms with Gasteiger partial charge >= 0.3 is 0 Å². The van der Waals surface area contributed by atoms with Gasteiger partial charge in [0, 0.05) is 17.8 Å². The van der Waals surface area contributed by atoms with Crippen molar-refractivity contribution in [3.8, 4) is 0 Å². The highest BCUT2D eigenvalue weighted by Crippen LogP contribution is 2.21. The number of nitrogens with one attached hydrogen (secondary N) is 1. The fourth-order valence-corrected chi connectivity index (χ4v) is 3.18. The largest absolute Gasteiger partial charge is 0.327 e. The lowest BCUT2D eigenvalue weighted by molar-refractivity contribution is -0.118. The van der Waals surface area contributed by atoms with Crippen molar-refractivity contribution in [1.82, 2.24) is 4.90 Å². The highest BCUT2D eigenvalue weighted by atomic mass is 35.5. The van der Waals surface area contributed by atoms with E-state index in [0.29, 0.717) is 12.6 Å². The van der Waals surface area contributed by atoms with Gasteiger partial charge in [0.1, 0.15) is 0 Å². The number of carbonyl (C=O) groups excluding carboxylic acids is 1. The first-order chi connectivity index (χ1) is 9.99. The molecular formula is C17H28ClN3O. The number of nitrogens with two attached hydrogens (primary N) is 1. The number of nitrogens with zero attached hydrogens (tertiary/aromatic N) is 1. The van der Waals surface area contributed by atoms with E-state index >= 15 is 0 Å². The lowest BCUT2D eigenvalue weighted by atomic mass is 9.97. The van der Waals surface area contributed by atoms with Crippen molar-refractivity contribution in [2.24, 2.45) is 5.73 Å². The van der Waals surface area contributed by atoms with Gasteiger partial charge in [0.05, 0.1) is 6.54 Å². The van der Waals surface area contributed by atoms with Crippen molar-refractivity contribution in [2.75, 3.05) is 18.4 Å². The van der Waals surface area contributed by atoms with Gasteiger partial charge in [0.2, 0.25) is 5.91 Å². The molecule has 3 N–H and O–H groups in total. The van der Waals surface area contributed by atoms with Crippen LogP contribution in [0.5, 0.6) is 0 Å². The van der Waals surface area contributed by atoms with E-state index in [1.807, 2.05) is 39.0 Å². The average molecular weight is 326 g/mol. The molecule has 0 radical (unpaired) electrons. The first kappa shape index (κ1) is 18.9. The second kappa shape index (κ2) is 8.51. The van der Waals surface area contributed by atoms with Crippen molar-refractivity contribution < 1.29 is 4.79 Å². The summed E-state index contributed by atoms with van der Waals surface area (Å²) >= 11 is 0. The van der Waals surface area contributed by atoms with Gasteiger partial charge < -0.3 is 11.1 Å². The highest BCUT2D eigenvalue weighted by Gasteiger charge is 2.26. The van der Waals surface area contributed by atoms with Crippen LogP contribution in [0.3, 0.4) is 0 Å². The third kappa shape index (κ3) is 4.70. The molecule has 22 heavy (non-hydrogen) atoms. The number of amides is 1. The minimum absolute atomic E-state index is 0. The summed E-state index contributed by atoms with van der Waals surface area (Å²) < 4.78 is 0. The molecular weight excluding hydrogens is 298 g/mol. The van der Waals surface area contributed by atoms with Crippen LogP contribution < -0.4 is 11.1 Å². The van der Waals surface area contributed by atoms with E-state index in [2.05, 4.69) is 10.2 Å². The Morgan fingerprint density at radius 3 is 2.59 bits per heavy atom. The number of halogens is 1. The van der Waals surface area contributed by atoms with Gasteiger partial charge in [0.15, 0.2) is 0 Å². The second-order valence-electron chi connectivity index (χ2n) is 6.21. The molecule has 1 aromatic rings. The van der Waals surface area contributed by atoms with Gasteiger partial charge in [-0.25, -0.2) is 0 Å². The van der Waals surface area contributed by atoms with E-state index in [4.69, 9.17) is 5.73 Å².